The fourth-order valence-corrected chi connectivity index (χ4v) is 3.74. The Bertz CT molecular complexity index is 852. The molecule has 2 aliphatic rings. The van der Waals surface area contributed by atoms with Crippen LogP contribution in [0.1, 0.15) is 18.4 Å². The summed E-state index contributed by atoms with van der Waals surface area (Å²) in [5.74, 6) is 0.792. The fraction of sp³-hybridized carbons (Fsp3) is 0.500. The summed E-state index contributed by atoms with van der Waals surface area (Å²) in [5.41, 5.74) is 3.00. The van der Waals surface area contributed by atoms with E-state index in [1.54, 1.807) is 12.3 Å². The van der Waals surface area contributed by atoms with E-state index in [4.69, 9.17) is 4.74 Å². The van der Waals surface area contributed by atoms with Crippen molar-refractivity contribution in [2.75, 3.05) is 33.3 Å². The first-order valence-electron chi connectivity index (χ1n) is 9.81. The van der Waals surface area contributed by atoms with Crippen molar-refractivity contribution in [1.82, 2.24) is 31.2 Å². The molecule has 0 amide bonds. The number of nitrogens with zero attached hydrogens (tertiary/aromatic N) is 2. The Morgan fingerprint density at radius 1 is 1.25 bits per heavy atom. The van der Waals surface area contributed by atoms with Gasteiger partial charge in [0.2, 0.25) is 5.88 Å². The molecule has 1 aromatic carbocycles. The molecule has 150 valence electrons. The Kier molecular flexibility index (Phi) is 5.87. The van der Waals surface area contributed by atoms with E-state index in [0.29, 0.717) is 41.0 Å². The zero-order chi connectivity index (χ0) is 19.3. The summed E-state index contributed by atoms with van der Waals surface area (Å²) >= 11 is 0. The number of halogens is 1. The van der Waals surface area contributed by atoms with Crippen molar-refractivity contribution >= 4 is 11.0 Å². The maximum Gasteiger partial charge on any atom is 0.232 e. The first-order valence-corrected chi connectivity index (χ1v) is 9.81. The number of hydrogen-bond donors (Lipinski definition) is 4. The molecule has 28 heavy (non-hydrogen) atoms. The van der Waals surface area contributed by atoms with Crippen molar-refractivity contribution in [2.45, 2.75) is 25.4 Å². The van der Waals surface area contributed by atoms with E-state index in [2.05, 4.69) is 31.2 Å². The minimum Gasteiger partial charge on any atom is -0.480 e. The Labute approximate surface area is 164 Å². The third kappa shape index (κ3) is 4.34. The second-order valence-electron chi connectivity index (χ2n) is 7.40. The molecule has 0 unspecified atom stereocenters. The number of benzene rings is 1. The molecule has 0 saturated heterocycles. The van der Waals surface area contributed by atoms with E-state index in [1.807, 2.05) is 6.20 Å². The zero-order valence-electron chi connectivity index (χ0n) is 16.1. The van der Waals surface area contributed by atoms with Crippen LogP contribution in [0.15, 0.2) is 30.2 Å². The SMILES string of the molecule is COc1cnc2ccc(F)c(CN[C@H]3C[C@H](CNCC4=CNCCN4)C3)c2n1. The number of fused-ring (bicyclic) bond motifs is 1. The largest absolute Gasteiger partial charge is 0.480 e. The number of rotatable bonds is 8. The van der Waals surface area contributed by atoms with E-state index >= 15 is 0 Å². The van der Waals surface area contributed by atoms with Crippen LogP contribution >= 0.6 is 0 Å². The van der Waals surface area contributed by atoms with Crippen LogP contribution < -0.4 is 26.0 Å². The van der Waals surface area contributed by atoms with Crippen LogP contribution in [0.4, 0.5) is 4.39 Å². The minimum atomic E-state index is -0.262. The summed E-state index contributed by atoms with van der Waals surface area (Å²) in [7, 11) is 1.53. The average molecular weight is 386 g/mol. The van der Waals surface area contributed by atoms with Crippen LogP contribution in [-0.2, 0) is 6.54 Å². The normalized spacial score (nSPS) is 21.4. The molecule has 1 aliphatic carbocycles. The van der Waals surface area contributed by atoms with Gasteiger partial charge in [0.05, 0.1) is 18.8 Å². The van der Waals surface area contributed by atoms with Gasteiger partial charge >= 0.3 is 0 Å². The summed E-state index contributed by atoms with van der Waals surface area (Å²) in [4.78, 5) is 8.68. The third-order valence-corrected chi connectivity index (χ3v) is 5.40. The zero-order valence-corrected chi connectivity index (χ0v) is 16.1. The van der Waals surface area contributed by atoms with Gasteiger partial charge < -0.3 is 26.0 Å². The maximum atomic E-state index is 14.4. The summed E-state index contributed by atoms with van der Waals surface area (Å²) in [6.45, 7) is 4.27. The smallest absolute Gasteiger partial charge is 0.232 e. The quantitative estimate of drug-likeness (QED) is 0.544. The molecule has 0 atom stereocenters. The Morgan fingerprint density at radius 3 is 2.93 bits per heavy atom. The van der Waals surface area contributed by atoms with Crippen LogP contribution in [0.2, 0.25) is 0 Å². The van der Waals surface area contributed by atoms with Gasteiger partial charge in [0.15, 0.2) is 0 Å². The molecular weight excluding hydrogens is 359 g/mol. The average Bonchev–Trinajstić information content (AvgIpc) is 2.70. The van der Waals surface area contributed by atoms with Gasteiger partial charge in [-0.25, -0.2) is 14.4 Å². The summed E-state index contributed by atoms with van der Waals surface area (Å²) in [6, 6.07) is 3.52. The molecule has 0 radical (unpaired) electrons. The van der Waals surface area contributed by atoms with Crippen LogP contribution in [0.25, 0.3) is 11.0 Å². The molecule has 1 saturated carbocycles. The standard InChI is InChI=1S/C20H27FN6O/c1-28-19-12-26-18-3-2-17(21)16(20(18)27-19)11-25-14-6-13(7-14)8-23-10-15-9-22-4-5-24-15/h2-3,9,12-14,22-25H,4-8,10-11H2,1H3/t13-,14-. The maximum absolute atomic E-state index is 14.4. The number of methoxy groups -OCH3 is 1. The number of hydrogen-bond acceptors (Lipinski definition) is 7. The van der Waals surface area contributed by atoms with Crippen molar-refractivity contribution in [1.29, 1.82) is 0 Å². The van der Waals surface area contributed by atoms with Gasteiger partial charge in [-0.15, -0.1) is 0 Å². The monoisotopic (exact) mass is 386 g/mol. The van der Waals surface area contributed by atoms with Crippen molar-refractivity contribution < 1.29 is 9.13 Å². The Balaban J connectivity index is 1.26. The molecule has 1 aromatic heterocycles. The lowest BCUT2D eigenvalue weighted by Crippen LogP contribution is -2.45. The van der Waals surface area contributed by atoms with Crippen LogP contribution in [0.5, 0.6) is 5.88 Å². The lowest BCUT2D eigenvalue weighted by molar-refractivity contribution is 0.216. The predicted octanol–water partition coefficient (Wildman–Crippen LogP) is 1.27. The molecule has 1 fully saturated rings. The van der Waals surface area contributed by atoms with Crippen LogP contribution in [0.3, 0.4) is 0 Å². The second kappa shape index (κ2) is 8.70. The van der Waals surface area contributed by atoms with Crippen molar-refractivity contribution in [3.05, 3.63) is 41.6 Å². The number of ether oxygens (including phenoxy) is 1. The van der Waals surface area contributed by atoms with E-state index in [-0.39, 0.29) is 5.82 Å². The topological polar surface area (TPSA) is 83.1 Å². The highest BCUT2D eigenvalue weighted by Gasteiger charge is 2.28. The summed E-state index contributed by atoms with van der Waals surface area (Å²) in [5, 5.41) is 13.6. The highest BCUT2D eigenvalue weighted by Crippen LogP contribution is 2.28. The Morgan fingerprint density at radius 2 is 2.14 bits per heavy atom. The van der Waals surface area contributed by atoms with Gasteiger partial charge in [-0.2, -0.15) is 0 Å². The van der Waals surface area contributed by atoms with Gasteiger partial charge in [0.1, 0.15) is 11.3 Å². The molecule has 7 nitrogen and oxygen atoms in total. The molecule has 8 heteroatoms. The van der Waals surface area contributed by atoms with Crippen molar-refractivity contribution in [2.24, 2.45) is 5.92 Å². The van der Waals surface area contributed by atoms with Crippen molar-refractivity contribution in [3.63, 3.8) is 0 Å². The predicted molar refractivity (Wildman–Crippen MR) is 106 cm³/mol. The fourth-order valence-electron chi connectivity index (χ4n) is 3.74. The number of nitrogens with one attached hydrogen (secondary N) is 4. The van der Waals surface area contributed by atoms with Gasteiger partial charge in [-0.1, -0.05) is 0 Å². The minimum absolute atomic E-state index is 0.262. The van der Waals surface area contributed by atoms with E-state index in [9.17, 15) is 4.39 Å². The van der Waals surface area contributed by atoms with Gasteiger partial charge in [0, 0.05) is 49.7 Å². The van der Waals surface area contributed by atoms with Gasteiger partial charge in [-0.3, -0.25) is 0 Å². The lowest BCUT2D eigenvalue weighted by Gasteiger charge is -2.36. The van der Waals surface area contributed by atoms with Crippen LogP contribution in [0, 0.1) is 11.7 Å². The third-order valence-electron chi connectivity index (χ3n) is 5.40. The molecule has 2 aromatic rings. The van der Waals surface area contributed by atoms with E-state index in [1.165, 1.54) is 18.9 Å². The molecule has 0 spiro atoms. The number of aromatic nitrogens is 2. The Hall–Kier alpha value is -2.45. The second-order valence-corrected chi connectivity index (χ2v) is 7.40. The highest BCUT2D eigenvalue weighted by molar-refractivity contribution is 5.78. The molecular formula is C20H27FN6O. The lowest BCUT2D eigenvalue weighted by atomic mass is 9.80. The molecule has 4 N–H and O–H groups in total. The first kappa shape index (κ1) is 18.9. The van der Waals surface area contributed by atoms with Crippen LogP contribution in [-0.4, -0.2) is 49.3 Å². The molecule has 2 heterocycles. The molecule has 1 aliphatic heterocycles. The van der Waals surface area contributed by atoms with E-state index < -0.39 is 0 Å². The summed E-state index contributed by atoms with van der Waals surface area (Å²) in [6.07, 6.45) is 5.78. The van der Waals surface area contributed by atoms with Gasteiger partial charge in [0.25, 0.3) is 0 Å². The summed E-state index contributed by atoms with van der Waals surface area (Å²) < 4.78 is 19.5. The highest BCUT2D eigenvalue weighted by atomic mass is 19.1. The van der Waals surface area contributed by atoms with Gasteiger partial charge in [-0.05, 0) is 37.4 Å². The molecule has 4 rings (SSSR count). The first-order chi connectivity index (χ1) is 13.7. The van der Waals surface area contributed by atoms with Crippen molar-refractivity contribution in [3.8, 4) is 5.88 Å². The van der Waals surface area contributed by atoms with E-state index in [0.717, 1.165) is 39.0 Å². The molecule has 0 bridgehead atoms.